The van der Waals surface area contributed by atoms with Crippen LogP contribution in [-0.2, 0) is 6.42 Å². The van der Waals surface area contributed by atoms with Crippen LogP contribution in [-0.4, -0.2) is 30.3 Å². The number of benzene rings is 1. The van der Waals surface area contributed by atoms with Crippen molar-refractivity contribution in [3.05, 3.63) is 29.1 Å². The van der Waals surface area contributed by atoms with E-state index >= 15 is 0 Å². The Morgan fingerprint density at radius 2 is 2.25 bits per heavy atom. The Bertz CT molecular complexity index is 571. The molecule has 20 heavy (non-hydrogen) atoms. The van der Waals surface area contributed by atoms with Gasteiger partial charge in [-0.1, -0.05) is 16.8 Å². The van der Waals surface area contributed by atoms with Crippen molar-refractivity contribution in [1.29, 1.82) is 0 Å². The Balaban J connectivity index is 2.16. The second kappa shape index (κ2) is 6.72. The lowest BCUT2D eigenvalue weighted by Gasteiger charge is -2.06. The Morgan fingerprint density at radius 3 is 2.95 bits per heavy atom. The third-order valence-corrected chi connectivity index (χ3v) is 3.39. The first-order chi connectivity index (χ1) is 9.63. The molecule has 1 N–H and O–H groups in total. The van der Waals surface area contributed by atoms with Crippen molar-refractivity contribution in [3.63, 3.8) is 0 Å². The summed E-state index contributed by atoms with van der Waals surface area (Å²) in [5, 5.41) is 7.78. The van der Waals surface area contributed by atoms with E-state index in [1.54, 1.807) is 19.2 Å². The van der Waals surface area contributed by atoms with Gasteiger partial charge in [0.25, 0.3) is 0 Å². The van der Waals surface area contributed by atoms with Gasteiger partial charge in [-0.3, -0.25) is 0 Å². The van der Waals surface area contributed by atoms with Gasteiger partial charge in [-0.05, 0) is 38.6 Å². The van der Waals surface area contributed by atoms with Crippen LogP contribution >= 0.6 is 11.6 Å². The Labute approximate surface area is 123 Å². The molecule has 2 aromatic rings. The van der Waals surface area contributed by atoms with Crippen LogP contribution in [0.2, 0.25) is 5.02 Å². The molecule has 0 radical (unpaired) electrons. The van der Waals surface area contributed by atoms with Crippen molar-refractivity contribution in [2.75, 3.05) is 14.2 Å². The molecule has 5 nitrogen and oxygen atoms in total. The molecule has 108 valence electrons. The van der Waals surface area contributed by atoms with Gasteiger partial charge in [0.05, 0.1) is 12.7 Å². The number of aromatic nitrogens is 2. The fraction of sp³-hybridized carbons (Fsp3) is 0.429. The fourth-order valence-electron chi connectivity index (χ4n) is 1.80. The average Bonchev–Trinajstić information content (AvgIpc) is 2.93. The lowest BCUT2D eigenvalue weighted by Crippen LogP contribution is -2.21. The van der Waals surface area contributed by atoms with Crippen molar-refractivity contribution in [3.8, 4) is 17.1 Å². The zero-order valence-corrected chi connectivity index (χ0v) is 12.6. The normalized spacial score (nSPS) is 12.4. The van der Waals surface area contributed by atoms with Gasteiger partial charge >= 0.3 is 0 Å². The highest BCUT2D eigenvalue weighted by Crippen LogP contribution is 2.30. The molecule has 0 saturated carbocycles. The summed E-state index contributed by atoms with van der Waals surface area (Å²) in [6, 6.07) is 5.75. The average molecular weight is 296 g/mol. The van der Waals surface area contributed by atoms with E-state index in [9.17, 15) is 0 Å². The van der Waals surface area contributed by atoms with Crippen LogP contribution in [0.15, 0.2) is 22.7 Å². The highest BCUT2D eigenvalue weighted by Gasteiger charge is 2.14. The number of hydrogen-bond acceptors (Lipinski definition) is 5. The van der Waals surface area contributed by atoms with E-state index in [2.05, 4.69) is 22.4 Å². The number of aryl methyl sites for hydroxylation is 1. The molecule has 1 aromatic heterocycles. The molecule has 0 spiro atoms. The van der Waals surface area contributed by atoms with Crippen LogP contribution < -0.4 is 10.1 Å². The smallest absolute Gasteiger partial charge is 0.227 e. The van der Waals surface area contributed by atoms with Crippen molar-refractivity contribution < 1.29 is 9.26 Å². The zero-order chi connectivity index (χ0) is 14.5. The molecule has 6 heteroatoms. The van der Waals surface area contributed by atoms with E-state index in [1.165, 1.54) is 0 Å². The van der Waals surface area contributed by atoms with E-state index in [-0.39, 0.29) is 0 Å². The molecule has 0 bridgehead atoms. The van der Waals surface area contributed by atoms with Crippen LogP contribution in [0.25, 0.3) is 11.4 Å². The molecule has 1 aromatic carbocycles. The topological polar surface area (TPSA) is 60.2 Å². The van der Waals surface area contributed by atoms with Gasteiger partial charge in [0.15, 0.2) is 0 Å². The van der Waals surface area contributed by atoms with Crippen LogP contribution in [0, 0.1) is 0 Å². The van der Waals surface area contributed by atoms with E-state index in [4.69, 9.17) is 20.9 Å². The number of nitrogens with zero attached hydrogens (tertiary/aromatic N) is 2. The molecule has 0 saturated heterocycles. The quantitative estimate of drug-likeness (QED) is 0.888. The van der Waals surface area contributed by atoms with Crippen LogP contribution in [0.4, 0.5) is 0 Å². The molecule has 0 fully saturated rings. The number of ether oxygens (including phenoxy) is 1. The maximum absolute atomic E-state index is 5.94. The highest BCUT2D eigenvalue weighted by atomic mass is 35.5. The molecule has 0 aliphatic heterocycles. The number of halogens is 1. The zero-order valence-electron chi connectivity index (χ0n) is 11.8. The monoisotopic (exact) mass is 295 g/mol. The standard InChI is InChI=1S/C14H18ClN3O2/c1-9(16-2)4-7-13-17-14(18-20-13)11-6-5-10(15)8-12(11)19-3/h5-6,8-9,16H,4,7H2,1-3H3. The molecule has 0 aliphatic rings. The second-order valence-electron chi connectivity index (χ2n) is 4.58. The number of nitrogens with one attached hydrogen (secondary N) is 1. The predicted molar refractivity (Wildman–Crippen MR) is 78.1 cm³/mol. The lowest BCUT2D eigenvalue weighted by molar-refractivity contribution is 0.369. The fourth-order valence-corrected chi connectivity index (χ4v) is 1.96. The molecule has 0 amide bonds. The maximum atomic E-state index is 5.94. The minimum atomic E-state index is 0.412. The van der Waals surface area contributed by atoms with Gasteiger partial charge in [0.2, 0.25) is 11.7 Å². The van der Waals surface area contributed by atoms with Crippen LogP contribution in [0.1, 0.15) is 19.2 Å². The molecule has 1 unspecified atom stereocenters. The largest absolute Gasteiger partial charge is 0.496 e. The molecular weight excluding hydrogens is 278 g/mol. The van der Waals surface area contributed by atoms with Gasteiger partial charge in [0.1, 0.15) is 5.75 Å². The summed E-state index contributed by atoms with van der Waals surface area (Å²) < 4.78 is 10.6. The van der Waals surface area contributed by atoms with Crippen molar-refractivity contribution in [2.24, 2.45) is 0 Å². The summed E-state index contributed by atoms with van der Waals surface area (Å²) in [6.07, 6.45) is 1.68. The van der Waals surface area contributed by atoms with Crippen molar-refractivity contribution in [2.45, 2.75) is 25.8 Å². The lowest BCUT2D eigenvalue weighted by atomic mass is 10.2. The minimum absolute atomic E-state index is 0.412. The molecule has 0 aliphatic carbocycles. The molecule has 1 heterocycles. The molecule has 2 rings (SSSR count). The Kier molecular flexibility index (Phi) is 4.98. The van der Waals surface area contributed by atoms with Gasteiger partial charge in [0, 0.05) is 17.5 Å². The Hall–Kier alpha value is -1.59. The third kappa shape index (κ3) is 3.49. The van der Waals surface area contributed by atoms with Crippen LogP contribution in [0.5, 0.6) is 5.75 Å². The first-order valence-electron chi connectivity index (χ1n) is 6.47. The van der Waals surface area contributed by atoms with E-state index in [0.717, 1.165) is 18.4 Å². The van der Waals surface area contributed by atoms with Crippen LogP contribution in [0.3, 0.4) is 0 Å². The van der Waals surface area contributed by atoms with Gasteiger partial charge < -0.3 is 14.6 Å². The molecular formula is C14H18ClN3O2. The van der Waals surface area contributed by atoms with Crippen molar-refractivity contribution in [1.82, 2.24) is 15.5 Å². The van der Waals surface area contributed by atoms with Gasteiger partial charge in [-0.2, -0.15) is 4.98 Å². The number of hydrogen-bond donors (Lipinski definition) is 1. The SMILES string of the molecule is CNC(C)CCc1nc(-c2ccc(Cl)cc2OC)no1. The number of rotatable bonds is 6. The highest BCUT2D eigenvalue weighted by molar-refractivity contribution is 6.30. The van der Waals surface area contributed by atoms with Crippen molar-refractivity contribution >= 4 is 11.6 Å². The van der Waals surface area contributed by atoms with E-state index < -0.39 is 0 Å². The summed E-state index contributed by atoms with van der Waals surface area (Å²) in [7, 11) is 3.52. The first-order valence-corrected chi connectivity index (χ1v) is 6.85. The number of methoxy groups -OCH3 is 1. The van der Waals surface area contributed by atoms with Gasteiger partial charge in [-0.25, -0.2) is 0 Å². The van der Waals surface area contributed by atoms with Gasteiger partial charge in [-0.15, -0.1) is 0 Å². The summed E-state index contributed by atoms with van der Waals surface area (Å²) in [5.41, 5.74) is 0.772. The summed E-state index contributed by atoms with van der Waals surface area (Å²) >= 11 is 5.94. The predicted octanol–water partition coefficient (Wildman–Crippen LogP) is 2.94. The minimum Gasteiger partial charge on any atom is -0.496 e. The van der Waals surface area contributed by atoms with E-state index in [1.807, 2.05) is 13.1 Å². The summed E-state index contributed by atoms with van der Waals surface area (Å²) in [6.45, 7) is 2.11. The van der Waals surface area contributed by atoms with E-state index in [0.29, 0.717) is 28.5 Å². The second-order valence-corrected chi connectivity index (χ2v) is 5.02. The summed E-state index contributed by atoms with van der Waals surface area (Å²) in [5.74, 6) is 1.78. The maximum Gasteiger partial charge on any atom is 0.227 e. The summed E-state index contributed by atoms with van der Waals surface area (Å²) in [4.78, 5) is 4.40. The third-order valence-electron chi connectivity index (χ3n) is 3.16. The Morgan fingerprint density at radius 1 is 1.45 bits per heavy atom. The first kappa shape index (κ1) is 14.8. The molecule has 1 atom stereocenters.